The molecule has 0 aliphatic rings. The summed E-state index contributed by atoms with van der Waals surface area (Å²) in [6, 6.07) is 4.37. The molecule has 1 N–H and O–H groups in total. The first-order valence-corrected chi connectivity index (χ1v) is 5.13. The van der Waals surface area contributed by atoms with Crippen molar-refractivity contribution in [2.75, 3.05) is 6.54 Å². The third-order valence-electron chi connectivity index (χ3n) is 2.17. The zero-order valence-electron chi connectivity index (χ0n) is 9.01. The van der Waals surface area contributed by atoms with Gasteiger partial charge in [0, 0.05) is 36.8 Å². The maximum absolute atomic E-state index is 12.8. The average molecular weight is 234 g/mol. The summed E-state index contributed by atoms with van der Waals surface area (Å²) < 4.78 is 14.5. The Kier molecular flexibility index (Phi) is 3.44. The van der Waals surface area contributed by atoms with E-state index < -0.39 is 5.95 Å². The fraction of sp³-hybridized carbons (Fsp3) is 0.182. The highest BCUT2D eigenvalue weighted by molar-refractivity contribution is 5.93. The molecule has 0 fully saturated rings. The number of pyridine rings is 1. The van der Waals surface area contributed by atoms with Crippen molar-refractivity contribution < 1.29 is 9.18 Å². The van der Waals surface area contributed by atoms with E-state index >= 15 is 0 Å². The SMILES string of the molecule is O=C(NCCn1cccn1)c1ccnc(F)c1. The summed E-state index contributed by atoms with van der Waals surface area (Å²) in [5.74, 6) is -0.983. The molecular formula is C11H11FN4O. The van der Waals surface area contributed by atoms with Crippen LogP contribution in [0.1, 0.15) is 10.4 Å². The predicted octanol–water partition coefficient (Wildman–Crippen LogP) is 0.847. The van der Waals surface area contributed by atoms with Gasteiger partial charge in [0.1, 0.15) is 0 Å². The number of amides is 1. The van der Waals surface area contributed by atoms with Crippen LogP contribution in [-0.2, 0) is 6.54 Å². The fourth-order valence-electron chi connectivity index (χ4n) is 1.36. The lowest BCUT2D eigenvalue weighted by Gasteiger charge is -2.05. The third kappa shape index (κ3) is 3.10. The Balaban J connectivity index is 1.85. The van der Waals surface area contributed by atoms with Crippen LogP contribution < -0.4 is 5.32 Å². The van der Waals surface area contributed by atoms with Crippen molar-refractivity contribution in [3.8, 4) is 0 Å². The normalized spacial score (nSPS) is 10.2. The monoisotopic (exact) mass is 234 g/mol. The van der Waals surface area contributed by atoms with E-state index in [1.165, 1.54) is 12.3 Å². The van der Waals surface area contributed by atoms with Crippen LogP contribution >= 0.6 is 0 Å². The highest BCUT2D eigenvalue weighted by atomic mass is 19.1. The van der Waals surface area contributed by atoms with Crippen molar-refractivity contribution in [3.05, 3.63) is 48.3 Å². The molecule has 0 saturated heterocycles. The molecule has 1 amide bonds. The molecule has 0 atom stereocenters. The Morgan fingerprint density at radius 2 is 2.35 bits per heavy atom. The molecule has 2 aromatic heterocycles. The van der Waals surface area contributed by atoms with Gasteiger partial charge in [0.2, 0.25) is 5.95 Å². The summed E-state index contributed by atoms with van der Waals surface area (Å²) in [7, 11) is 0. The van der Waals surface area contributed by atoms with Gasteiger partial charge in [0.15, 0.2) is 0 Å². The number of aromatic nitrogens is 3. The number of hydrogen-bond donors (Lipinski definition) is 1. The minimum atomic E-state index is -0.662. The Hall–Kier alpha value is -2.24. The standard InChI is InChI=1S/C11H11FN4O/c12-10-8-9(2-4-13-10)11(17)14-5-7-16-6-1-3-15-16/h1-4,6,8H,5,7H2,(H,14,17). The summed E-state index contributed by atoms with van der Waals surface area (Å²) in [6.07, 6.45) is 4.73. The number of carbonyl (C=O) groups is 1. The van der Waals surface area contributed by atoms with E-state index in [9.17, 15) is 9.18 Å². The minimum Gasteiger partial charge on any atom is -0.350 e. The molecule has 0 unspecified atom stereocenters. The smallest absolute Gasteiger partial charge is 0.251 e. The number of carbonyl (C=O) groups excluding carboxylic acids is 1. The maximum atomic E-state index is 12.8. The number of halogens is 1. The predicted molar refractivity (Wildman–Crippen MR) is 58.8 cm³/mol. The second-order valence-electron chi connectivity index (χ2n) is 3.39. The molecule has 0 aromatic carbocycles. The highest BCUT2D eigenvalue weighted by Gasteiger charge is 2.05. The minimum absolute atomic E-state index is 0.262. The molecule has 5 nitrogen and oxygen atoms in total. The van der Waals surface area contributed by atoms with Crippen LogP contribution in [0.2, 0.25) is 0 Å². The van der Waals surface area contributed by atoms with Crippen molar-refractivity contribution in [2.24, 2.45) is 0 Å². The molecule has 0 aliphatic carbocycles. The van der Waals surface area contributed by atoms with Crippen LogP contribution in [0, 0.1) is 5.95 Å². The highest BCUT2D eigenvalue weighted by Crippen LogP contribution is 1.99. The first-order valence-electron chi connectivity index (χ1n) is 5.13. The number of nitrogens with one attached hydrogen (secondary N) is 1. The summed E-state index contributed by atoms with van der Waals surface area (Å²) in [5, 5.41) is 6.67. The third-order valence-corrected chi connectivity index (χ3v) is 2.17. The molecule has 0 saturated carbocycles. The molecule has 2 aromatic rings. The van der Waals surface area contributed by atoms with E-state index in [2.05, 4.69) is 15.4 Å². The lowest BCUT2D eigenvalue weighted by atomic mass is 10.2. The van der Waals surface area contributed by atoms with Crippen LogP contribution in [0.4, 0.5) is 4.39 Å². The molecule has 2 rings (SSSR count). The van der Waals surface area contributed by atoms with Gasteiger partial charge >= 0.3 is 0 Å². The van der Waals surface area contributed by atoms with Gasteiger partial charge in [-0.3, -0.25) is 9.48 Å². The van der Waals surface area contributed by atoms with Crippen LogP contribution in [0.25, 0.3) is 0 Å². The molecular weight excluding hydrogens is 223 g/mol. The van der Waals surface area contributed by atoms with Gasteiger partial charge in [-0.1, -0.05) is 0 Å². The molecule has 0 aliphatic heterocycles. The maximum Gasteiger partial charge on any atom is 0.251 e. The summed E-state index contributed by atoms with van der Waals surface area (Å²) in [4.78, 5) is 15.0. The number of rotatable bonds is 4. The van der Waals surface area contributed by atoms with Crippen molar-refractivity contribution in [3.63, 3.8) is 0 Å². The average Bonchev–Trinajstić information content (AvgIpc) is 2.82. The van der Waals surface area contributed by atoms with Crippen LogP contribution in [0.5, 0.6) is 0 Å². The van der Waals surface area contributed by atoms with Crippen molar-refractivity contribution in [1.29, 1.82) is 0 Å². The first-order chi connectivity index (χ1) is 8.25. The van der Waals surface area contributed by atoms with E-state index in [1.807, 2.05) is 0 Å². The molecule has 0 bridgehead atoms. The molecule has 0 spiro atoms. The van der Waals surface area contributed by atoms with Crippen LogP contribution in [-0.4, -0.2) is 27.2 Å². The Morgan fingerprint density at radius 1 is 1.47 bits per heavy atom. The van der Waals surface area contributed by atoms with E-state index in [4.69, 9.17) is 0 Å². The van der Waals surface area contributed by atoms with Gasteiger partial charge in [-0.15, -0.1) is 0 Å². The van der Waals surface area contributed by atoms with Crippen LogP contribution in [0.15, 0.2) is 36.8 Å². The number of nitrogens with zero attached hydrogens (tertiary/aromatic N) is 3. The molecule has 88 valence electrons. The van der Waals surface area contributed by atoms with Gasteiger partial charge in [-0.2, -0.15) is 9.49 Å². The summed E-state index contributed by atoms with van der Waals surface area (Å²) >= 11 is 0. The van der Waals surface area contributed by atoms with E-state index in [1.54, 1.807) is 23.1 Å². The lowest BCUT2D eigenvalue weighted by Crippen LogP contribution is -2.27. The van der Waals surface area contributed by atoms with Crippen LogP contribution in [0.3, 0.4) is 0 Å². The van der Waals surface area contributed by atoms with E-state index in [0.29, 0.717) is 13.1 Å². The lowest BCUT2D eigenvalue weighted by molar-refractivity contribution is 0.0951. The molecule has 2 heterocycles. The molecule has 0 radical (unpaired) electrons. The van der Waals surface area contributed by atoms with E-state index in [0.717, 1.165) is 6.07 Å². The van der Waals surface area contributed by atoms with Gasteiger partial charge in [-0.05, 0) is 12.1 Å². The Labute approximate surface area is 97.3 Å². The van der Waals surface area contributed by atoms with Crippen molar-refractivity contribution >= 4 is 5.91 Å². The summed E-state index contributed by atoms with van der Waals surface area (Å²) in [6.45, 7) is 1.01. The Morgan fingerprint density at radius 3 is 3.06 bits per heavy atom. The van der Waals surface area contributed by atoms with Crippen molar-refractivity contribution in [1.82, 2.24) is 20.1 Å². The second-order valence-corrected chi connectivity index (χ2v) is 3.39. The van der Waals surface area contributed by atoms with Gasteiger partial charge in [0.05, 0.1) is 6.54 Å². The van der Waals surface area contributed by atoms with Crippen molar-refractivity contribution in [2.45, 2.75) is 6.54 Å². The second kappa shape index (κ2) is 5.20. The number of hydrogen-bond acceptors (Lipinski definition) is 3. The zero-order chi connectivity index (χ0) is 12.1. The largest absolute Gasteiger partial charge is 0.350 e. The molecule has 17 heavy (non-hydrogen) atoms. The fourth-order valence-corrected chi connectivity index (χ4v) is 1.36. The zero-order valence-corrected chi connectivity index (χ0v) is 9.01. The summed E-state index contributed by atoms with van der Waals surface area (Å²) in [5.41, 5.74) is 0.262. The Bertz CT molecular complexity index is 498. The first kappa shape index (κ1) is 11.3. The van der Waals surface area contributed by atoms with Gasteiger partial charge in [-0.25, -0.2) is 4.98 Å². The van der Waals surface area contributed by atoms with E-state index in [-0.39, 0.29) is 11.5 Å². The van der Waals surface area contributed by atoms with Gasteiger partial charge < -0.3 is 5.32 Å². The van der Waals surface area contributed by atoms with Gasteiger partial charge in [0.25, 0.3) is 5.91 Å². The quantitative estimate of drug-likeness (QED) is 0.798. The topological polar surface area (TPSA) is 59.8 Å². The molecule has 6 heteroatoms.